The quantitative estimate of drug-likeness (QED) is 0.105. The number of amides is 3. The van der Waals surface area contributed by atoms with E-state index in [9.17, 15) is 19.5 Å². The van der Waals surface area contributed by atoms with Crippen molar-refractivity contribution in [3.8, 4) is 28.1 Å². The lowest BCUT2D eigenvalue weighted by Gasteiger charge is -2.37. The highest BCUT2D eigenvalue weighted by Crippen LogP contribution is 2.46. The minimum atomic E-state index is -1.15. The van der Waals surface area contributed by atoms with E-state index in [0.29, 0.717) is 38.1 Å². The zero-order chi connectivity index (χ0) is 54.4. The summed E-state index contributed by atoms with van der Waals surface area (Å²) in [7, 11) is 3.34. The second kappa shape index (κ2) is 22.2. The number of methoxy groups -OCH3 is 1. The number of benzene rings is 3. The van der Waals surface area contributed by atoms with Gasteiger partial charge in [-0.3, -0.25) is 29.2 Å². The van der Waals surface area contributed by atoms with Gasteiger partial charge in [-0.1, -0.05) is 77.1 Å². The van der Waals surface area contributed by atoms with Crippen LogP contribution in [0.3, 0.4) is 0 Å². The van der Waals surface area contributed by atoms with Crippen molar-refractivity contribution >= 4 is 40.3 Å². The lowest BCUT2D eigenvalue weighted by atomic mass is 9.84. The number of nitrogens with zero attached hydrogens (tertiary/aromatic N) is 6. The van der Waals surface area contributed by atoms with Gasteiger partial charge in [0.1, 0.15) is 30.0 Å². The van der Waals surface area contributed by atoms with Gasteiger partial charge in [-0.25, -0.2) is 5.43 Å². The van der Waals surface area contributed by atoms with Crippen molar-refractivity contribution < 1.29 is 38.5 Å². The molecule has 1 unspecified atom stereocenters. The first-order valence-electron chi connectivity index (χ1n) is 27.9. The standard InChI is InChI=1S/C61H78N8O8/c1-10-66-20-22-67(23-21-66)43-31-48(52(62-33-43)37(5)75-9)55-49-32-61(6,7)35-77-60(74)53-46-30-42(46)34-69(64-53)58(72)50(27-38-25-41(28-44(70)26-38)40-17-18-51(47(49)29-40)68(55)11-2)63-57(71)54(36(3)4)65(8)59(73)56-45(19-24-76-56)39-15-13-12-14-16-39/h12-18,25-26,28-29,31,33,36-37,42,45-46,50,53-54,56,64,70H,10-11,19-24,27,30,32,34-35H2,1-9H3,(H,63,71)/t37-,42?,45+,46-,50-,53-,54-,56+/m0/s1. The Hall–Kier alpha value is -6.33. The van der Waals surface area contributed by atoms with Crippen molar-refractivity contribution in [2.45, 2.75) is 117 Å². The fourth-order valence-corrected chi connectivity index (χ4v) is 12.7. The van der Waals surface area contributed by atoms with Gasteiger partial charge in [0.05, 0.1) is 36.0 Å². The van der Waals surface area contributed by atoms with Gasteiger partial charge >= 0.3 is 5.97 Å². The van der Waals surface area contributed by atoms with Crippen LogP contribution in [0.4, 0.5) is 5.69 Å². The Kier molecular flexibility index (Phi) is 15.6. The molecule has 16 heteroatoms. The highest BCUT2D eigenvalue weighted by molar-refractivity contribution is 5.96. The number of ether oxygens (including phenoxy) is 3. The molecule has 4 fully saturated rings. The van der Waals surface area contributed by atoms with Gasteiger partial charge in [0.25, 0.3) is 11.8 Å². The molecule has 410 valence electrons. The van der Waals surface area contributed by atoms with E-state index in [1.165, 1.54) is 9.91 Å². The van der Waals surface area contributed by atoms with Crippen LogP contribution in [0.2, 0.25) is 0 Å². The topological polar surface area (TPSA) is 171 Å². The van der Waals surface area contributed by atoms with Crippen LogP contribution in [0.25, 0.3) is 33.3 Å². The number of hydrogen-bond donors (Lipinski definition) is 3. The number of carbonyl (C=O) groups is 4. The molecule has 1 aliphatic carbocycles. The molecule has 5 aromatic rings. The summed E-state index contributed by atoms with van der Waals surface area (Å²) in [5, 5.41) is 17.2. The second-order valence-corrected chi connectivity index (χ2v) is 23.3. The van der Waals surface area contributed by atoms with Gasteiger partial charge in [-0.05, 0) is 116 Å². The van der Waals surface area contributed by atoms with Crippen LogP contribution in [0.1, 0.15) is 95.7 Å². The number of rotatable bonds is 12. The number of anilines is 1. The van der Waals surface area contributed by atoms with Crippen LogP contribution in [0, 0.1) is 23.2 Å². The van der Waals surface area contributed by atoms with Crippen molar-refractivity contribution in [1.82, 2.24) is 35.1 Å². The number of likely N-dealkylation sites (N-methyl/N-ethyl adjacent to an activating group) is 2. The summed E-state index contributed by atoms with van der Waals surface area (Å²) in [5.74, 6) is -2.12. The zero-order valence-corrected chi connectivity index (χ0v) is 46.4. The lowest BCUT2D eigenvalue weighted by molar-refractivity contribution is -0.156. The second-order valence-electron chi connectivity index (χ2n) is 23.3. The van der Waals surface area contributed by atoms with Crippen LogP contribution in [0.5, 0.6) is 5.75 Å². The Morgan fingerprint density at radius 1 is 0.974 bits per heavy atom. The zero-order valence-electron chi connectivity index (χ0n) is 46.4. The van der Waals surface area contributed by atoms with Gasteiger partial charge in [-0.15, -0.1) is 0 Å². The van der Waals surface area contributed by atoms with E-state index in [1.807, 2.05) is 63.4 Å². The maximum Gasteiger partial charge on any atom is 0.325 e. The first-order chi connectivity index (χ1) is 37.0. The fraction of sp³-hybridized carbons (Fsp3) is 0.525. The molecule has 16 nitrogen and oxygen atoms in total. The number of carbonyl (C=O) groups excluding carboxylic acids is 4. The molecule has 3 amide bonds. The summed E-state index contributed by atoms with van der Waals surface area (Å²) in [6.45, 7) is 20.7. The number of aromatic nitrogens is 2. The average Bonchev–Trinajstić information content (AvgIpc) is 4.00. The largest absolute Gasteiger partial charge is 0.508 e. The molecule has 10 rings (SSSR count). The number of fused-ring (bicyclic) bond motifs is 8. The Bertz CT molecular complexity index is 3000. The number of pyridine rings is 1. The van der Waals surface area contributed by atoms with E-state index >= 15 is 4.79 Å². The molecular weight excluding hydrogens is 973 g/mol. The van der Waals surface area contributed by atoms with E-state index in [4.69, 9.17) is 19.2 Å². The van der Waals surface area contributed by atoms with Gasteiger partial charge in [-0.2, -0.15) is 0 Å². The molecule has 4 aliphatic heterocycles. The SMILES string of the molecule is CCN1CCN(c2cnc([C@H](C)OC)c(-c3c4c5cc(ccc5n3CC)-c3cc(O)cc(c3)C[C@H](NC(=O)[C@H](C(C)C)N(C)C(=O)[C@@H]3OCC[C@@H]3c3ccccc3)C(=O)N3CC5C[C@@H]5[C@H](N3)C(=O)OCC(C)(C)C4)c2)CC1. The fourth-order valence-electron chi connectivity index (χ4n) is 12.7. The third-order valence-electron chi connectivity index (χ3n) is 17.1. The van der Waals surface area contributed by atoms with Crippen molar-refractivity contribution in [2.75, 3.05) is 71.5 Å². The molecule has 0 radical (unpaired) electrons. The van der Waals surface area contributed by atoms with Crippen LogP contribution >= 0.6 is 0 Å². The molecule has 3 saturated heterocycles. The Morgan fingerprint density at radius 2 is 1.74 bits per heavy atom. The normalized spacial score (nSPS) is 24.5. The smallest absolute Gasteiger partial charge is 0.325 e. The summed E-state index contributed by atoms with van der Waals surface area (Å²) in [6, 6.07) is 20.9. The summed E-state index contributed by atoms with van der Waals surface area (Å²) in [4.78, 5) is 70.3. The molecule has 3 aromatic carbocycles. The molecule has 5 aliphatic rings. The number of nitrogens with one attached hydrogen (secondary N) is 2. The van der Waals surface area contributed by atoms with E-state index < -0.39 is 47.4 Å². The van der Waals surface area contributed by atoms with E-state index in [-0.39, 0.29) is 54.5 Å². The molecule has 1 saturated carbocycles. The Morgan fingerprint density at radius 3 is 2.45 bits per heavy atom. The first kappa shape index (κ1) is 54.0. The number of phenolic OH excluding ortho intramolecular Hbond substituents is 1. The Labute approximate surface area is 453 Å². The summed E-state index contributed by atoms with van der Waals surface area (Å²) in [6.07, 6.45) is 2.87. The predicted molar refractivity (Wildman–Crippen MR) is 297 cm³/mol. The molecule has 8 atom stereocenters. The number of aryl methyl sites for hydroxylation is 1. The van der Waals surface area contributed by atoms with Crippen molar-refractivity contribution in [3.63, 3.8) is 0 Å². The Balaban J connectivity index is 1.05. The van der Waals surface area contributed by atoms with Crippen LogP contribution in [0.15, 0.2) is 79.0 Å². The molecular formula is C61H78N8O8. The van der Waals surface area contributed by atoms with Crippen molar-refractivity contribution in [2.24, 2.45) is 23.2 Å². The van der Waals surface area contributed by atoms with Crippen molar-refractivity contribution in [3.05, 3.63) is 101 Å². The summed E-state index contributed by atoms with van der Waals surface area (Å²) in [5.41, 5.74) is 11.9. The van der Waals surface area contributed by atoms with Crippen LogP contribution in [-0.4, -0.2) is 144 Å². The highest BCUT2D eigenvalue weighted by atomic mass is 16.5. The van der Waals surface area contributed by atoms with Gasteiger partial charge < -0.3 is 43.9 Å². The van der Waals surface area contributed by atoms with Gasteiger partial charge in [0, 0.05) is 94.3 Å². The van der Waals surface area contributed by atoms with Crippen LogP contribution < -0.4 is 15.6 Å². The third kappa shape index (κ3) is 11.0. The maximum absolute atomic E-state index is 15.1. The molecule has 2 aromatic heterocycles. The molecule has 3 N–H and O–H groups in total. The average molecular weight is 1050 g/mol. The summed E-state index contributed by atoms with van der Waals surface area (Å²) < 4.78 is 20.8. The number of piperazine rings is 1. The minimum absolute atomic E-state index is 0.00694. The minimum Gasteiger partial charge on any atom is -0.508 e. The van der Waals surface area contributed by atoms with Gasteiger partial charge in [0.15, 0.2) is 0 Å². The number of hydrazine groups is 1. The molecule has 6 heterocycles. The van der Waals surface area contributed by atoms with E-state index in [1.54, 1.807) is 26.3 Å². The number of esters is 1. The molecule has 6 bridgehead atoms. The predicted octanol–water partition coefficient (Wildman–Crippen LogP) is 7.51. The highest BCUT2D eigenvalue weighted by Gasteiger charge is 2.53. The van der Waals surface area contributed by atoms with Crippen molar-refractivity contribution in [1.29, 1.82) is 0 Å². The van der Waals surface area contributed by atoms with Crippen LogP contribution in [-0.2, 0) is 52.8 Å². The number of cyclic esters (lactones) is 1. The third-order valence-corrected chi connectivity index (χ3v) is 17.1. The van der Waals surface area contributed by atoms with Gasteiger partial charge in [0.2, 0.25) is 5.91 Å². The lowest BCUT2D eigenvalue weighted by Crippen LogP contribution is -2.63. The first-order valence-corrected chi connectivity index (χ1v) is 27.9. The summed E-state index contributed by atoms with van der Waals surface area (Å²) >= 11 is 0. The number of hydrogen-bond acceptors (Lipinski definition) is 12. The molecule has 77 heavy (non-hydrogen) atoms. The molecule has 0 spiro atoms. The number of phenols is 1. The number of aromatic hydroxyl groups is 1. The van der Waals surface area contributed by atoms with E-state index in [0.717, 1.165) is 94.9 Å². The monoisotopic (exact) mass is 1050 g/mol. The maximum atomic E-state index is 15.1. The van der Waals surface area contributed by atoms with E-state index in [2.05, 4.69) is 77.1 Å².